The molecule has 24 heavy (non-hydrogen) atoms. The Morgan fingerprint density at radius 3 is 2.29 bits per heavy atom. The Morgan fingerprint density at radius 1 is 0.958 bits per heavy atom. The molecule has 1 amide bonds. The number of halogens is 1. The maximum absolute atomic E-state index is 11.9. The number of amides is 1. The molecule has 0 heterocycles. The Morgan fingerprint density at radius 2 is 1.62 bits per heavy atom. The number of hydrogen-bond acceptors (Lipinski definition) is 4. The third kappa shape index (κ3) is 5.44. The average Bonchev–Trinajstić information content (AvgIpc) is 2.61. The third-order valence-electron chi connectivity index (χ3n) is 3.47. The second-order valence-electron chi connectivity index (χ2n) is 5.20. The highest BCUT2D eigenvalue weighted by Gasteiger charge is 2.05. The predicted octanol–water partition coefficient (Wildman–Crippen LogP) is 2.76. The topological polar surface area (TPSA) is 59.6 Å². The van der Waals surface area contributed by atoms with Crippen molar-refractivity contribution >= 4 is 17.5 Å². The molecular formula is C18H21ClN2O3. The zero-order valence-corrected chi connectivity index (χ0v) is 14.5. The second-order valence-corrected chi connectivity index (χ2v) is 5.63. The van der Waals surface area contributed by atoms with Gasteiger partial charge >= 0.3 is 0 Å². The molecule has 0 atom stereocenters. The summed E-state index contributed by atoms with van der Waals surface area (Å²) in [5.74, 6) is 1.29. The van der Waals surface area contributed by atoms with Crippen LogP contribution in [0.5, 0.6) is 11.5 Å². The minimum atomic E-state index is -0.0644. The van der Waals surface area contributed by atoms with Crippen LogP contribution in [0.2, 0.25) is 5.02 Å². The van der Waals surface area contributed by atoms with Crippen molar-refractivity contribution in [1.82, 2.24) is 10.6 Å². The average molecular weight is 349 g/mol. The molecule has 0 saturated heterocycles. The van der Waals surface area contributed by atoms with Gasteiger partial charge in [0.05, 0.1) is 20.8 Å². The fourth-order valence-electron chi connectivity index (χ4n) is 2.18. The molecule has 2 rings (SSSR count). The van der Waals surface area contributed by atoms with E-state index in [0.717, 1.165) is 11.1 Å². The number of benzene rings is 2. The lowest BCUT2D eigenvalue weighted by atomic mass is 10.2. The van der Waals surface area contributed by atoms with E-state index in [2.05, 4.69) is 10.6 Å². The monoisotopic (exact) mass is 348 g/mol. The molecule has 2 aromatic rings. The summed E-state index contributed by atoms with van der Waals surface area (Å²) in [7, 11) is 3.19. The summed E-state index contributed by atoms with van der Waals surface area (Å²) in [4.78, 5) is 11.9. The van der Waals surface area contributed by atoms with E-state index in [1.165, 1.54) is 0 Å². The highest BCUT2D eigenvalue weighted by molar-refractivity contribution is 6.30. The molecule has 0 aliphatic carbocycles. The fraction of sp³-hybridized carbons (Fsp3) is 0.278. The van der Waals surface area contributed by atoms with Crippen LogP contribution in [-0.4, -0.2) is 26.7 Å². The first-order valence-corrected chi connectivity index (χ1v) is 7.93. The summed E-state index contributed by atoms with van der Waals surface area (Å²) in [6.07, 6.45) is 0. The van der Waals surface area contributed by atoms with Crippen molar-refractivity contribution < 1.29 is 14.3 Å². The molecule has 0 unspecified atom stereocenters. The Hall–Kier alpha value is -2.24. The van der Waals surface area contributed by atoms with E-state index in [0.29, 0.717) is 29.6 Å². The van der Waals surface area contributed by atoms with Gasteiger partial charge in [0.2, 0.25) is 5.91 Å². The van der Waals surface area contributed by atoms with Crippen LogP contribution in [0.3, 0.4) is 0 Å². The molecule has 6 heteroatoms. The molecule has 0 aliphatic heterocycles. The first kappa shape index (κ1) is 18.1. The highest BCUT2D eigenvalue weighted by atomic mass is 35.5. The molecule has 0 saturated carbocycles. The molecule has 0 radical (unpaired) electrons. The van der Waals surface area contributed by atoms with Crippen LogP contribution in [0.15, 0.2) is 42.5 Å². The van der Waals surface area contributed by atoms with E-state index < -0.39 is 0 Å². The minimum Gasteiger partial charge on any atom is -0.493 e. The molecular weight excluding hydrogens is 328 g/mol. The van der Waals surface area contributed by atoms with Crippen molar-refractivity contribution in [2.75, 3.05) is 20.8 Å². The number of methoxy groups -OCH3 is 2. The number of rotatable bonds is 8. The van der Waals surface area contributed by atoms with Gasteiger partial charge in [0.15, 0.2) is 11.5 Å². The van der Waals surface area contributed by atoms with E-state index in [4.69, 9.17) is 21.1 Å². The van der Waals surface area contributed by atoms with Gasteiger partial charge in [-0.1, -0.05) is 29.8 Å². The van der Waals surface area contributed by atoms with Gasteiger partial charge in [0.25, 0.3) is 0 Å². The smallest absolute Gasteiger partial charge is 0.234 e. The molecule has 0 fully saturated rings. The fourth-order valence-corrected chi connectivity index (χ4v) is 2.30. The van der Waals surface area contributed by atoms with Gasteiger partial charge in [0, 0.05) is 18.1 Å². The van der Waals surface area contributed by atoms with Gasteiger partial charge in [-0.2, -0.15) is 0 Å². The summed E-state index contributed by atoms with van der Waals surface area (Å²) in [6.45, 7) is 1.28. The first-order chi connectivity index (χ1) is 11.6. The van der Waals surface area contributed by atoms with E-state index >= 15 is 0 Å². The Kier molecular flexibility index (Phi) is 6.90. The summed E-state index contributed by atoms with van der Waals surface area (Å²) >= 11 is 5.83. The maximum Gasteiger partial charge on any atom is 0.234 e. The lowest BCUT2D eigenvalue weighted by Crippen LogP contribution is -2.33. The number of carbonyl (C=O) groups excluding carboxylic acids is 1. The van der Waals surface area contributed by atoms with Crippen molar-refractivity contribution in [2.24, 2.45) is 0 Å². The van der Waals surface area contributed by atoms with Gasteiger partial charge in [0.1, 0.15) is 0 Å². The molecule has 5 nitrogen and oxygen atoms in total. The van der Waals surface area contributed by atoms with E-state index in [9.17, 15) is 4.79 Å². The molecule has 0 aromatic heterocycles. The number of hydrogen-bond donors (Lipinski definition) is 2. The van der Waals surface area contributed by atoms with Crippen molar-refractivity contribution in [3.8, 4) is 11.5 Å². The van der Waals surface area contributed by atoms with Crippen LogP contribution in [0.25, 0.3) is 0 Å². The van der Waals surface area contributed by atoms with Crippen molar-refractivity contribution in [2.45, 2.75) is 13.1 Å². The zero-order valence-electron chi connectivity index (χ0n) is 13.8. The molecule has 2 N–H and O–H groups in total. The lowest BCUT2D eigenvalue weighted by molar-refractivity contribution is -0.120. The van der Waals surface area contributed by atoms with Gasteiger partial charge in [-0.15, -0.1) is 0 Å². The number of carbonyl (C=O) groups is 1. The highest BCUT2D eigenvalue weighted by Crippen LogP contribution is 2.27. The van der Waals surface area contributed by atoms with Gasteiger partial charge < -0.3 is 20.1 Å². The van der Waals surface area contributed by atoms with Crippen LogP contribution in [-0.2, 0) is 17.9 Å². The van der Waals surface area contributed by atoms with Gasteiger partial charge in [-0.05, 0) is 35.4 Å². The molecule has 2 aromatic carbocycles. The van der Waals surface area contributed by atoms with Crippen molar-refractivity contribution in [1.29, 1.82) is 0 Å². The Balaban J connectivity index is 1.75. The van der Waals surface area contributed by atoms with E-state index in [1.807, 2.05) is 30.3 Å². The van der Waals surface area contributed by atoms with Crippen LogP contribution >= 0.6 is 11.6 Å². The second kappa shape index (κ2) is 9.15. The maximum atomic E-state index is 11.9. The SMILES string of the molecule is COc1ccc(CNCC(=O)NCc2ccc(Cl)cc2)cc1OC. The lowest BCUT2D eigenvalue weighted by Gasteiger charge is -2.10. The largest absolute Gasteiger partial charge is 0.493 e. The van der Waals surface area contributed by atoms with Crippen LogP contribution in [0.4, 0.5) is 0 Å². The molecule has 128 valence electrons. The summed E-state index contributed by atoms with van der Waals surface area (Å²) in [5, 5.41) is 6.64. The summed E-state index contributed by atoms with van der Waals surface area (Å²) in [5.41, 5.74) is 2.02. The number of ether oxygens (including phenoxy) is 2. The van der Waals surface area contributed by atoms with Crippen molar-refractivity contribution in [3.63, 3.8) is 0 Å². The summed E-state index contributed by atoms with van der Waals surface area (Å²) in [6, 6.07) is 13.0. The van der Waals surface area contributed by atoms with Crippen LogP contribution < -0.4 is 20.1 Å². The van der Waals surface area contributed by atoms with Crippen LogP contribution in [0.1, 0.15) is 11.1 Å². The molecule has 0 bridgehead atoms. The Bertz CT molecular complexity index is 674. The van der Waals surface area contributed by atoms with Crippen LogP contribution in [0, 0.1) is 0 Å². The molecule has 0 spiro atoms. The quantitative estimate of drug-likeness (QED) is 0.770. The van der Waals surface area contributed by atoms with Gasteiger partial charge in [-0.25, -0.2) is 0 Å². The van der Waals surface area contributed by atoms with Gasteiger partial charge in [-0.3, -0.25) is 4.79 Å². The normalized spacial score (nSPS) is 10.3. The zero-order chi connectivity index (χ0) is 17.4. The Labute approximate surface area is 146 Å². The minimum absolute atomic E-state index is 0.0644. The molecule has 0 aliphatic rings. The third-order valence-corrected chi connectivity index (χ3v) is 3.72. The first-order valence-electron chi connectivity index (χ1n) is 7.55. The van der Waals surface area contributed by atoms with Crippen molar-refractivity contribution in [3.05, 3.63) is 58.6 Å². The van der Waals surface area contributed by atoms with E-state index in [1.54, 1.807) is 26.4 Å². The predicted molar refractivity (Wildman–Crippen MR) is 94.6 cm³/mol. The standard InChI is InChI=1S/C18H21ClN2O3/c1-23-16-8-5-14(9-17(16)24-2)10-20-12-18(22)21-11-13-3-6-15(19)7-4-13/h3-9,20H,10-12H2,1-2H3,(H,21,22). The number of nitrogens with one attached hydrogen (secondary N) is 2. The van der Waals surface area contributed by atoms with E-state index in [-0.39, 0.29) is 12.5 Å². The summed E-state index contributed by atoms with van der Waals surface area (Å²) < 4.78 is 10.5.